The van der Waals surface area contributed by atoms with Gasteiger partial charge in [-0.3, -0.25) is 0 Å². The molecule has 2 unspecified atom stereocenters. The van der Waals surface area contributed by atoms with Crippen LogP contribution in [0.4, 0.5) is 45.5 Å². The monoisotopic (exact) mass is 1210 g/mol. The van der Waals surface area contributed by atoms with E-state index in [4.69, 9.17) is 0 Å². The predicted molar refractivity (Wildman–Crippen MR) is 399 cm³/mol. The first-order chi connectivity index (χ1) is 43.1. The Kier molecular flexibility index (Phi) is 15.1. The molecule has 1 saturated carbocycles. The molecule has 13 rings (SSSR count). The standard InChI is InChI=1S/C88H102BN3/c1-81(2,3)61-36-32-59(33-37-61)69(60-34-38-62(39-35-60)82(4,5)6)49-57-31-45-75-71(50-57)87(19)47-24-25-48-88(87,20)92(75)68-55-78-80-79(56-68)91(74-46-42-64(84(10,11)12)52-70(74)58-27-22-21-23-28-58)77-54-66(86(16,17)18)41-44-73(77)89(80)72-43-40-65(85(13,14)15)53-76(72)90(78)67-30-26-29-63(51-67)83(7,8)9/h21-23,26-46,50-56,69H,24-25,47-49H2,1-20H3. The zero-order valence-corrected chi connectivity index (χ0v) is 59.4. The summed E-state index contributed by atoms with van der Waals surface area (Å²) >= 11 is 0. The van der Waals surface area contributed by atoms with Crippen LogP contribution in [-0.2, 0) is 44.3 Å². The zero-order chi connectivity index (χ0) is 65.6. The minimum absolute atomic E-state index is 0.0411. The van der Waals surface area contributed by atoms with Gasteiger partial charge in [0.05, 0.1) is 11.2 Å². The Hall–Kier alpha value is -7.56. The molecule has 4 aliphatic rings. The fraction of sp³-hybridized carbons (Fsp3) is 0.386. The van der Waals surface area contributed by atoms with E-state index in [0.717, 1.165) is 19.3 Å². The Morgan fingerprint density at radius 2 is 0.848 bits per heavy atom. The average Bonchev–Trinajstić information content (AvgIpc) is 1.22. The largest absolute Gasteiger partial charge is 0.334 e. The number of nitrogens with zero attached hydrogens (tertiary/aromatic N) is 3. The predicted octanol–water partition coefficient (Wildman–Crippen LogP) is 22.3. The summed E-state index contributed by atoms with van der Waals surface area (Å²) in [5, 5.41) is 0. The van der Waals surface area contributed by atoms with Crippen LogP contribution in [0.2, 0.25) is 0 Å². The number of hydrogen-bond acceptors (Lipinski definition) is 3. The van der Waals surface area contributed by atoms with Crippen LogP contribution in [0.3, 0.4) is 0 Å². The number of benzene rings is 9. The molecule has 92 heavy (non-hydrogen) atoms. The molecule has 0 aromatic heterocycles. The molecule has 0 amide bonds. The van der Waals surface area contributed by atoms with Gasteiger partial charge >= 0.3 is 0 Å². The molecule has 0 radical (unpaired) electrons. The highest BCUT2D eigenvalue weighted by Gasteiger charge is 2.58. The van der Waals surface area contributed by atoms with Crippen LogP contribution in [0.25, 0.3) is 11.1 Å². The van der Waals surface area contributed by atoms with Crippen LogP contribution in [0, 0.1) is 0 Å². The van der Waals surface area contributed by atoms with Crippen LogP contribution in [0.15, 0.2) is 188 Å². The maximum absolute atomic E-state index is 2.87. The maximum atomic E-state index is 2.87. The minimum atomic E-state index is -0.235. The third kappa shape index (κ3) is 10.9. The van der Waals surface area contributed by atoms with Gasteiger partial charge in [-0.2, -0.15) is 0 Å². The molecular weight excluding hydrogens is 1110 g/mol. The quantitative estimate of drug-likeness (QED) is 0.140. The van der Waals surface area contributed by atoms with Crippen LogP contribution < -0.4 is 31.1 Å². The smallest absolute Gasteiger partial charge is 0.252 e. The summed E-state index contributed by atoms with van der Waals surface area (Å²) in [6.45, 7) is 47.5. The van der Waals surface area contributed by atoms with Crippen LogP contribution in [0.5, 0.6) is 0 Å². The molecule has 3 aliphatic heterocycles. The highest BCUT2D eigenvalue weighted by molar-refractivity contribution is 7.00. The second-order valence-electron chi connectivity index (χ2n) is 34.7. The molecule has 9 aromatic rings. The molecule has 2 atom stereocenters. The van der Waals surface area contributed by atoms with Crippen molar-refractivity contribution in [2.45, 2.75) is 220 Å². The summed E-state index contributed by atoms with van der Waals surface area (Å²) < 4.78 is 0. The van der Waals surface area contributed by atoms with Gasteiger partial charge in [0, 0.05) is 56.7 Å². The Morgan fingerprint density at radius 1 is 0.380 bits per heavy atom. The van der Waals surface area contributed by atoms with Gasteiger partial charge in [0.15, 0.2) is 0 Å². The Morgan fingerprint density at radius 3 is 1.39 bits per heavy atom. The van der Waals surface area contributed by atoms with Crippen LogP contribution >= 0.6 is 0 Å². The number of hydrogen-bond donors (Lipinski definition) is 0. The zero-order valence-electron chi connectivity index (χ0n) is 59.4. The van der Waals surface area contributed by atoms with Crippen molar-refractivity contribution in [3.8, 4) is 11.1 Å². The lowest BCUT2D eigenvalue weighted by molar-refractivity contribution is 0.195. The van der Waals surface area contributed by atoms with Gasteiger partial charge < -0.3 is 14.7 Å². The van der Waals surface area contributed by atoms with E-state index in [2.05, 4.69) is 341 Å². The summed E-state index contributed by atoms with van der Waals surface area (Å²) in [5.41, 5.74) is 29.6. The van der Waals surface area contributed by atoms with Crippen molar-refractivity contribution in [2.75, 3.05) is 14.7 Å². The SMILES string of the molecule is CC(C)(C)c1ccc(C(Cc2ccc3c(c2)C2(C)CCCCC2(C)N3c2cc3c4c(c2)N(c2ccc(C(C)(C)C)cc2-c2ccccc2)c2cc(C(C)(C)C)ccc2B4c2ccc(C(C)(C)C)cc2N3c2cccc(C(C)(C)C)c2)c2ccc(C(C)(C)C)cc2)cc1. The average molecular weight is 1210 g/mol. The van der Waals surface area contributed by atoms with Crippen molar-refractivity contribution in [3.63, 3.8) is 0 Å². The second kappa shape index (κ2) is 22.0. The third-order valence-corrected chi connectivity index (χ3v) is 22.2. The van der Waals surface area contributed by atoms with Gasteiger partial charge in [-0.05, 0) is 191 Å². The first-order valence-corrected chi connectivity index (χ1v) is 34.7. The Labute approximate surface area is 554 Å². The highest BCUT2D eigenvalue weighted by atomic mass is 15.3. The van der Waals surface area contributed by atoms with E-state index in [1.807, 2.05) is 0 Å². The fourth-order valence-corrected chi connectivity index (χ4v) is 16.1. The molecule has 9 aromatic carbocycles. The van der Waals surface area contributed by atoms with Crippen LogP contribution in [-0.4, -0.2) is 12.3 Å². The van der Waals surface area contributed by atoms with Gasteiger partial charge in [0.1, 0.15) is 0 Å². The van der Waals surface area contributed by atoms with E-state index in [-0.39, 0.29) is 56.1 Å². The van der Waals surface area contributed by atoms with Gasteiger partial charge in [-0.15, -0.1) is 0 Å². The van der Waals surface area contributed by atoms with E-state index < -0.39 is 0 Å². The van der Waals surface area contributed by atoms with Gasteiger partial charge in [-0.25, -0.2) is 0 Å². The normalized spacial score (nSPS) is 18.2. The van der Waals surface area contributed by atoms with E-state index in [9.17, 15) is 0 Å². The van der Waals surface area contributed by atoms with Crippen molar-refractivity contribution >= 4 is 68.6 Å². The third-order valence-electron chi connectivity index (χ3n) is 22.2. The van der Waals surface area contributed by atoms with E-state index in [1.54, 1.807) is 0 Å². The molecule has 0 bridgehead atoms. The van der Waals surface area contributed by atoms with Crippen molar-refractivity contribution in [1.82, 2.24) is 0 Å². The van der Waals surface area contributed by atoms with E-state index >= 15 is 0 Å². The number of fused-ring (bicyclic) bond motifs is 7. The van der Waals surface area contributed by atoms with Crippen molar-refractivity contribution < 1.29 is 0 Å². The topological polar surface area (TPSA) is 9.72 Å². The Balaban J connectivity index is 1.10. The minimum Gasteiger partial charge on any atom is -0.334 e. The lowest BCUT2D eigenvalue weighted by Crippen LogP contribution is -2.61. The molecule has 1 fully saturated rings. The summed E-state index contributed by atoms with van der Waals surface area (Å²) in [7, 11) is 0. The first kappa shape index (κ1) is 63.2. The molecular formula is C88H102BN3. The van der Waals surface area contributed by atoms with Crippen molar-refractivity contribution in [2.24, 2.45) is 0 Å². The second-order valence-corrected chi connectivity index (χ2v) is 34.7. The summed E-state index contributed by atoms with van der Waals surface area (Å²) in [6.07, 6.45) is 5.53. The summed E-state index contributed by atoms with van der Waals surface area (Å²) in [6, 6.07) is 75.3. The molecule has 3 heterocycles. The van der Waals surface area contributed by atoms with Gasteiger partial charge in [0.2, 0.25) is 0 Å². The van der Waals surface area contributed by atoms with E-state index in [1.165, 1.54) is 141 Å². The van der Waals surface area contributed by atoms with Crippen molar-refractivity contribution in [1.29, 1.82) is 0 Å². The van der Waals surface area contributed by atoms with Gasteiger partial charge in [-0.1, -0.05) is 278 Å². The molecule has 0 N–H and O–H groups in total. The lowest BCUT2D eigenvalue weighted by Gasteiger charge is -2.51. The molecule has 472 valence electrons. The number of anilines is 8. The lowest BCUT2D eigenvalue weighted by atomic mass is 9.33. The Bertz CT molecular complexity index is 4240. The molecule has 1 aliphatic carbocycles. The summed E-state index contributed by atoms with van der Waals surface area (Å²) in [5.74, 6) is 0.191. The molecule has 3 nitrogen and oxygen atoms in total. The summed E-state index contributed by atoms with van der Waals surface area (Å²) in [4.78, 5) is 8.29. The first-order valence-electron chi connectivity index (χ1n) is 34.7. The van der Waals surface area contributed by atoms with Gasteiger partial charge in [0.25, 0.3) is 6.71 Å². The highest BCUT2D eigenvalue weighted by Crippen LogP contribution is 2.62. The molecule has 0 spiro atoms. The molecule has 4 heteroatoms. The molecule has 0 saturated heterocycles. The van der Waals surface area contributed by atoms with E-state index in [0.29, 0.717) is 0 Å². The maximum Gasteiger partial charge on any atom is 0.252 e. The van der Waals surface area contributed by atoms with Crippen LogP contribution in [0.1, 0.15) is 226 Å². The number of rotatable bonds is 8. The van der Waals surface area contributed by atoms with Crippen molar-refractivity contribution in [3.05, 3.63) is 244 Å². The fourth-order valence-electron chi connectivity index (χ4n) is 16.1.